The molecule has 8 nitrogen and oxygen atoms in total. The Labute approximate surface area is 168 Å². The van der Waals surface area contributed by atoms with Crippen molar-refractivity contribution >= 4 is 11.6 Å². The van der Waals surface area contributed by atoms with Crippen LogP contribution >= 0.6 is 11.6 Å². The van der Waals surface area contributed by atoms with Gasteiger partial charge in [0.25, 0.3) is 0 Å². The van der Waals surface area contributed by atoms with Gasteiger partial charge >= 0.3 is 6.01 Å². The van der Waals surface area contributed by atoms with Crippen molar-refractivity contribution in [2.75, 3.05) is 25.2 Å². The SMILES string of the molecule is COCc1nnn(N2CCC(Oc3ncccn3)CC2)c1-c1ccc(Cl)cc1. The zero-order chi connectivity index (χ0) is 19.3. The van der Waals surface area contributed by atoms with E-state index in [9.17, 15) is 0 Å². The molecule has 1 saturated heterocycles. The number of piperidine rings is 1. The van der Waals surface area contributed by atoms with Crippen molar-refractivity contribution in [2.24, 2.45) is 0 Å². The zero-order valence-electron chi connectivity index (χ0n) is 15.5. The highest BCUT2D eigenvalue weighted by atomic mass is 35.5. The summed E-state index contributed by atoms with van der Waals surface area (Å²) in [7, 11) is 1.65. The number of ether oxygens (including phenoxy) is 2. The van der Waals surface area contributed by atoms with Gasteiger partial charge in [0.05, 0.1) is 6.61 Å². The van der Waals surface area contributed by atoms with E-state index in [4.69, 9.17) is 21.1 Å². The smallest absolute Gasteiger partial charge is 0.316 e. The first kappa shape index (κ1) is 18.6. The second-order valence-corrected chi connectivity index (χ2v) is 6.95. The minimum atomic E-state index is 0.0830. The lowest BCUT2D eigenvalue weighted by atomic mass is 10.1. The first-order valence-corrected chi connectivity index (χ1v) is 9.51. The molecule has 0 bridgehead atoms. The van der Waals surface area contributed by atoms with Crippen LogP contribution < -0.4 is 9.75 Å². The molecule has 1 aliphatic heterocycles. The summed E-state index contributed by atoms with van der Waals surface area (Å²) < 4.78 is 11.2. The molecule has 2 aromatic heterocycles. The van der Waals surface area contributed by atoms with Crippen molar-refractivity contribution < 1.29 is 9.47 Å². The molecule has 4 rings (SSSR count). The Hall–Kier alpha value is -2.71. The second-order valence-electron chi connectivity index (χ2n) is 6.52. The molecule has 1 fully saturated rings. The summed E-state index contributed by atoms with van der Waals surface area (Å²) >= 11 is 6.05. The van der Waals surface area contributed by atoms with Crippen LogP contribution in [0.15, 0.2) is 42.7 Å². The number of rotatable bonds is 6. The van der Waals surface area contributed by atoms with Gasteiger partial charge in [-0.25, -0.2) is 9.97 Å². The molecule has 9 heteroatoms. The van der Waals surface area contributed by atoms with E-state index in [-0.39, 0.29) is 6.10 Å². The van der Waals surface area contributed by atoms with Crippen LogP contribution in [0.3, 0.4) is 0 Å². The average molecular weight is 401 g/mol. The van der Waals surface area contributed by atoms with Crippen LogP contribution in [-0.2, 0) is 11.3 Å². The molecule has 1 aliphatic rings. The molecule has 0 aliphatic carbocycles. The Kier molecular flexibility index (Phi) is 5.68. The third-order valence-electron chi connectivity index (χ3n) is 4.62. The largest absolute Gasteiger partial charge is 0.460 e. The lowest BCUT2D eigenvalue weighted by Gasteiger charge is -2.33. The first-order valence-electron chi connectivity index (χ1n) is 9.13. The molecule has 0 amide bonds. The lowest BCUT2D eigenvalue weighted by Crippen LogP contribution is -2.45. The number of benzene rings is 1. The van der Waals surface area contributed by atoms with E-state index < -0.39 is 0 Å². The van der Waals surface area contributed by atoms with E-state index >= 15 is 0 Å². The number of methoxy groups -OCH3 is 1. The molecular weight excluding hydrogens is 380 g/mol. The van der Waals surface area contributed by atoms with E-state index in [2.05, 4.69) is 25.3 Å². The van der Waals surface area contributed by atoms with Crippen LogP contribution in [0.4, 0.5) is 0 Å². The minimum Gasteiger partial charge on any atom is -0.460 e. The summed E-state index contributed by atoms with van der Waals surface area (Å²) in [5, 5.41) is 11.6. The fraction of sp³-hybridized carbons (Fsp3) is 0.368. The van der Waals surface area contributed by atoms with Gasteiger partial charge in [0.15, 0.2) is 0 Å². The molecule has 0 unspecified atom stereocenters. The second kappa shape index (κ2) is 8.53. The first-order chi connectivity index (χ1) is 13.7. The predicted molar refractivity (Wildman–Crippen MR) is 105 cm³/mol. The molecule has 0 N–H and O–H groups in total. The van der Waals surface area contributed by atoms with Crippen molar-refractivity contribution in [2.45, 2.75) is 25.6 Å². The Morgan fingerprint density at radius 1 is 1.11 bits per heavy atom. The molecule has 0 spiro atoms. The molecule has 3 heterocycles. The highest BCUT2D eigenvalue weighted by Crippen LogP contribution is 2.26. The van der Waals surface area contributed by atoms with E-state index in [1.54, 1.807) is 25.6 Å². The van der Waals surface area contributed by atoms with Crippen molar-refractivity contribution in [1.29, 1.82) is 0 Å². The van der Waals surface area contributed by atoms with Crippen LogP contribution in [0, 0.1) is 0 Å². The monoisotopic (exact) mass is 400 g/mol. The van der Waals surface area contributed by atoms with E-state index in [0.717, 1.165) is 42.9 Å². The third-order valence-corrected chi connectivity index (χ3v) is 4.87. The van der Waals surface area contributed by atoms with E-state index in [0.29, 0.717) is 17.6 Å². The fourth-order valence-corrected chi connectivity index (χ4v) is 3.40. The van der Waals surface area contributed by atoms with Crippen LogP contribution in [0.2, 0.25) is 5.02 Å². The molecule has 1 aromatic carbocycles. The maximum absolute atomic E-state index is 6.05. The van der Waals surface area contributed by atoms with E-state index in [1.807, 2.05) is 29.1 Å². The standard InChI is InChI=1S/C19H21ClN6O2/c1-27-13-17-18(14-3-5-15(20)6-4-14)26(24-23-17)25-11-7-16(8-12-25)28-19-21-9-2-10-22-19/h2-6,9-10,16H,7-8,11-13H2,1H3. The molecule has 146 valence electrons. The Morgan fingerprint density at radius 3 is 2.50 bits per heavy atom. The highest BCUT2D eigenvalue weighted by molar-refractivity contribution is 6.30. The van der Waals surface area contributed by atoms with Gasteiger partial charge in [-0.15, -0.1) is 5.10 Å². The maximum atomic E-state index is 6.05. The van der Waals surface area contributed by atoms with Crippen molar-refractivity contribution in [1.82, 2.24) is 25.1 Å². The van der Waals surface area contributed by atoms with Crippen LogP contribution in [0.5, 0.6) is 6.01 Å². The Bertz CT molecular complexity index is 895. The summed E-state index contributed by atoms with van der Waals surface area (Å²) in [6.45, 7) is 1.96. The quantitative estimate of drug-likeness (QED) is 0.629. The maximum Gasteiger partial charge on any atom is 0.316 e. The fourth-order valence-electron chi connectivity index (χ4n) is 3.27. The topological polar surface area (TPSA) is 78.2 Å². The number of hydrogen-bond donors (Lipinski definition) is 0. The summed E-state index contributed by atoms with van der Waals surface area (Å²) in [4.78, 5) is 10.1. The molecule has 0 atom stereocenters. The molecule has 0 saturated carbocycles. The van der Waals surface area contributed by atoms with Gasteiger partial charge in [0, 0.05) is 56.0 Å². The lowest BCUT2D eigenvalue weighted by molar-refractivity contribution is 0.148. The van der Waals surface area contributed by atoms with Crippen LogP contribution in [-0.4, -0.2) is 51.4 Å². The summed E-state index contributed by atoms with van der Waals surface area (Å²) in [6.07, 6.45) is 5.14. The number of aromatic nitrogens is 5. The van der Waals surface area contributed by atoms with Gasteiger partial charge in [-0.05, 0) is 23.4 Å². The molecular formula is C19H21ClN6O2. The van der Waals surface area contributed by atoms with Crippen molar-refractivity contribution in [3.05, 3.63) is 53.4 Å². The Morgan fingerprint density at radius 2 is 1.82 bits per heavy atom. The van der Waals surface area contributed by atoms with Gasteiger partial charge in [-0.1, -0.05) is 23.7 Å². The molecule has 0 radical (unpaired) electrons. The summed E-state index contributed by atoms with van der Waals surface area (Å²) in [5.74, 6) is 0. The van der Waals surface area contributed by atoms with Gasteiger partial charge in [-0.3, -0.25) is 5.01 Å². The van der Waals surface area contributed by atoms with Gasteiger partial charge in [-0.2, -0.15) is 4.79 Å². The van der Waals surface area contributed by atoms with Gasteiger partial charge in [0.1, 0.15) is 17.5 Å². The van der Waals surface area contributed by atoms with Gasteiger partial charge < -0.3 is 9.47 Å². The normalized spacial score (nSPS) is 15.0. The molecule has 3 aromatic rings. The van der Waals surface area contributed by atoms with Crippen LogP contribution in [0.25, 0.3) is 11.3 Å². The van der Waals surface area contributed by atoms with E-state index in [1.165, 1.54) is 0 Å². The minimum absolute atomic E-state index is 0.0830. The van der Waals surface area contributed by atoms with Gasteiger partial charge in [0.2, 0.25) is 0 Å². The highest BCUT2D eigenvalue weighted by Gasteiger charge is 2.25. The third kappa shape index (κ3) is 4.07. The van der Waals surface area contributed by atoms with Crippen molar-refractivity contribution in [3.8, 4) is 17.3 Å². The number of hydrogen-bond acceptors (Lipinski definition) is 7. The number of halogens is 1. The number of nitrogens with zero attached hydrogens (tertiary/aromatic N) is 6. The van der Waals surface area contributed by atoms with Crippen LogP contribution in [0.1, 0.15) is 18.5 Å². The predicted octanol–water partition coefficient (Wildman–Crippen LogP) is 2.71. The van der Waals surface area contributed by atoms with Crippen molar-refractivity contribution in [3.63, 3.8) is 0 Å². The average Bonchev–Trinajstić information content (AvgIpc) is 3.14. The summed E-state index contributed by atoms with van der Waals surface area (Å²) in [6, 6.07) is 9.87. The summed E-state index contributed by atoms with van der Waals surface area (Å²) in [5.41, 5.74) is 2.71. The zero-order valence-corrected chi connectivity index (χ0v) is 16.3. The molecule has 28 heavy (non-hydrogen) atoms. The Balaban J connectivity index is 1.51.